The molecule has 27 heavy (non-hydrogen) atoms. The van der Waals surface area contributed by atoms with Crippen molar-refractivity contribution < 1.29 is 4.74 Å². The van der Waals surface area contributed by atoms with Gasteiger partial charge in [-0.2, -0.15) is 5.26 Å². The lowest BCUT2D eigenvalue weighted by Crippen LogP contribution is -2.15. The van der Waals surface area contributed by atoms with Gasteiger partial charge in [0.25, 0.3) is 0 Å². The molecule has 3 heterocycles. The van der Waals surface area contributed by atoms with E-state index < -0.39 is 0 Å². The number of nitrogens with one attached hydrogen (secondary N) is 1. The summed E-state index contributed by atoms with van der Waals surface area (Å²) in [7, 11) is 1.73. The van der Waals surface area contributed by atoms with Crippen LogP contribution in [0.4, 0.5) is 0 Å². The van der Waals surface area contributed by atoms with E-state index in [4.69, 9.17) is 4.74 Å². The van der Waals surface area contributed by atoms with Crippen LogP contribution < -0.4 is 0 Å². The number of pyridine rings is 1. The van der Waals surface area contributed by atoms with E-state index in [9.17, 15) is 5.26 Å². The number of aromatic amines is 1. The molecule has 1 N–H and O–H groups in total. The Morgan fingerprint density at radius 3 is 2.89 bits per heavy atom. The monoisotopic (exact) mass is 362 g/mol. The Kier molecular flexibility index (Phi) is 5.00. The van der Waals surface area contributed by atoms with Crippen molar-refractivity contribution in [3.05, 3.63) is 42.0 Å². The lowest BCUT2D eigenvalue weighted by molar-refractivity contribution is 0.185. The van der Waals surface area contributed by atoms with Crippen molar-refractivity contribution in [1.29, 1.82) is 5.26 Å². The van der Waals surface area contributed by atoms with Crippen LogP contribution in [-0.2, 0) is 11.3 Å². The molecule has 0 spiro atoms. The van der Waals surface area contributed by atoms with Gasteiger partial charge in [0, 0.05) is 54.5 Å². The van der Waals surface area contributed by atoms with Crippen LogP contribution in [-0.4, -0.2) is 21.6 Å². The molecule has 1 fully saturated rings. The fraction of sp³-hybridized carbons (Fsp3) is 0.455. The number of ether oxygens (including phenoxy) is 1. The summed E-state index contributed by atoms with van der Waals surface area (Å²) in [6.07, 6.45) is 13.8. The summed E-state index contributed by atoms with van der Waals surface area (Å²) in [4.78, 5) is 7.71. The molecule has 3 aromatic heterocycles. The highest BCUT2D eigenvalue weighted by atomic mass is 16.5. The summed E-state index contributed by atoms with van der Waals surface area (Å²) in [5.74, 6) is 0.590. The van der Waals surface area contributed by atoms with E-state index in [-0.39, 0.29) is 6.04 Å². The maximum absolute atomic E-state index is 9.40. The van der Waals surface area contributed by atoms with E-state index >= 15 is 0 Å². The highest BCUT2D eigenvalue weighted by Crippen LogP contribution is 2.39. The van der Waals surface area contributed by atoms with Crippen molar-refractivity contribution in [1.82, 2.24) is 14.5 Å². The highest BCUT2D eigenvalue weighted by molar-refractivity contribution is 5.96. The molecule has 1 unspecified atom stereocenters. The van der Waals surface area contributed by atoms with E-state index in [1.165, 1.54) is 42.4 Å². The molecule has 0 aliphatic heterocycles. The van der Waals surface area contributed by atoms with E-state index in [0.717, 1.165) is 16.6 Å². The number of nitrogens with zero attached hydrogens (tertiary/aromatic N) is 3. The number of fused-ring (bicyclic) bond motifs is 1. The van der Waals surface area contributed by atoms with Gasteiger partial charge in [0.1, 0.15) is 5.65 Å². The molecule has 5 nitrogen and oxygen atoms in total. The first-order valence-electron chi connectivity index (χ1n) is 9.72. The van der Waals surface area contributed by atoms with Crippen molar-refractivity contribution in [2.45, 2.75) is 51.7 Å². The fourth-order valence-corrected chi connectivity index (χ4v) is 4.62. The molecular formula is C22H26N4O. The molecule has 0 aromatic carbocycles. The van der Waals surface area contributed by atoms with E-state index in [1.807, 2.05) is 12.4 Å². The normalized spacial score (nSPS) is 16.0. The van der Waals surface area contributed by atoms with Crippen molar-refractivity contribution >= 4 is 11.0 Å². The second-order valence-electron chi connectivity index (χ2n) is 7.61. The van der Waals surface area contributed by atoms with Crippen molar-refractivity contribution in [3.8, 4) is 17.2 Å². The average Bonchev–Trinajstić information content (AvgIpc) is 3.41. The Bertz CT molecular complexity index is 972. The average molecular weight is 362 g/mol. The molecule has 1 aliphatic carbocycles. The Hall–Kier alpha value is -2.58. The molecule has 3 aromatic rings. The summed E-state index contributed by atoms with van der Waals surface area (Å²) in [5.41, 5.74) is 5.60. The Balaban J connectivity index is 1.83. The van der Waals surface area contributed by atoms with Gasteiger partial charge in [-0.3, -0.25) is 0 Å². The van der Waals surface area contributed by atoms with Crippen molar-refractivity contribution in [3.63, 3.8) is 0 Å². The number of hydrogen-bond acceptors (Lipinski definition) is 3. The minimum absolute atomic E-state index is 0.242. The highest BCUT2D eigenvalue weighted by Gasteiger charge is 2.27. The number of aryl methyl sites for hydroxylation is 1. The minimum Gasteiger partial charge on any atom is -0.380 e. The van der Waals surface area contributed by atoms with Crippen molar-refractivity contribution in [2.24, 2.45) is 5.92 Å². The predicted molar refractivity (Wildman–Crippen MR) is 106 cm³/mol. The Labute approximate surface area is 160 Å². The van der Waals surface area contributed by atoms with Gasteiger partial charge in [0.2, 0.25) is 0 Å². The van der Waals surface area contributed by atoms with Crippen molar-refractivity contribution in [2.75, 3.05) is 7.11 Å². The second kappa shape index (κ2) is 7.58. The van der Waals surface area contributed by atoms with Gasteiger partial charge < -0.3 is 14.3 Å². The van der Waals surface area contributed by atoms with Crippen LogP contribution in [0.15, 0.2) is 30.9 Å². The van der Waals surface area contributed by atoms with E-state index in [1.54, 1.807) is 7.11 Å². The number of aromatic nitrogens is 3. The third-order valence-electron chi connectivity index (χ3n) is 5.92. The Morgan fingerprint density at radius 1 is 1.33 bits per heavy atom. The van der Waals surface area contributed by atoms with Gasteiger partial charge in [0.15, 0.2) is 0 Å². The van der Waals surface area contributed by atoms with Crippen LogP contribution in [0.5, 0.6) is 0 Å². The van der Waals surface area contributed by atoms with Gasteiger partial charge >= 0.3 is 0 Å². The summed E-state index contributed by atoms with van der Waals surface area (Å²) >= 11 is 0. The largest absolute Gasteiger partial charge is 0.380 e. The third kappa shape index (κ3) is 3.26. The van der Waals surface area contributed by atoms with Crippen LogP contribution in [0.1, 0.15) is 49.3 Å². The van der Waals surface area contributed by atoms with Gasteiger partial charge in [0.05, 0.1) is 19.1 Å². The summed E-state index contributed by atoms with van der Waals surface area (Å²) < 4.78 is 7.77. The smallest absolute Gasteiger partial charge is 0.138 e. The lowest BCUT2D eigenvalue weighted by atomic mass is 9.95. The number of rotatable bonds is 6. The van der Waals surface area contributed by atoms with Crippen LogP contribution >= 0.6 is 0 Å². The summed E-state index contributed by atoms with van der Waals surface area (Å²) in [5, 5.41) is 10.6. The van der Waals surface area contributed by atoms with Gasteiger partial charge in [-0.25, -0.2) is 4.98 Å². The topological polar surface area (TPSA) is 66.6 Å². The zero-order valence-electron chi connectivity index (χ0n) is 16.0. The zero-order chi connectivity index (χ0) is 18.8. The maximum Gasteiger partial charge on any atom is 0.138 e. The first kappa shape index (κ1) is 17.8. The SMILES string of the molecule is COCc1cn(C(CC#N)C2CCCC2)cc1-c1ccnc2[nH]cc(C)c12. The minimum atomic E-state index is 0.242. The number of nitriles is 1. The first-order chi connectivity index (χ1) is 13.2. The molecule has 0 radical (unpaired) electrons. The zero-order valence-corrected chi connectivity index (χ0v) is 16.0. The molecule has 140 valence electrons. The lowest BCUT2D eigenvalue weighted by Gasteiger charge is -2.22. The molecule has 1 aliphatic rings. The maximum atomic E-state index is 9.40. The Morgan fingerprint density at radius 2 is 2.15 bits per heavy atom. The van der Waals surface area contributed by atoms with E-state index in [0.29, 0.717) is 18.9 Å². The molecular weight excluding hydrogens is 336 g/mol. The molecule has 1 saturated carbocycles. The number of methoxy groups -OCH3 is 1. The summed E-state index contributed by atoms with van der Waals surface area (Å²) in [6, 6.07) is 4.73. The number of H-pyrrole nitrogens is 1. The standard InChI is InChI=1S/C22H26N4O/c1-15-11-25-22-21(15)18(8-10-24-22)19-13-26(12-17(19)14-27-2)20(7-9-23)16-5-3-4-6-16/h8,10-13,16,20H,3-7,14H2,1-2H3,(H,24,25). The fourth-order valence-electron chi connectivity index (χ4n) is 4.62. The van der Waals surface area contributed by atoms with Gasteiger partial charge in [-0.1, -0.05) is 12.8 Å². The summed E-state index contributed by atoms with van der Waals surface area (Å²) in [6.45, 7) is 2.66. The van der Waals surface area contributed by atoms with Crippen LogP contribution in [0.25, 0.3) is 22.2 Å². The van der Waals surface area contributed by atoms with Crippen LogP contribution in [0.3, 0.4) is 0 Å². The molecule has 4 rings (SSSR count). The van der Waals surface area contributed by atoms with Crippen LogP contribution in [0.2, 0.25) is 0 Å². The molecule has 0 bridgehead atoms. The predicted octanol–water partition coefficient (Wildman–Crippen LogP) is 5.13. The van der Waals surface area contributed by atoms with Gasteiger partial charge in [-0.15, -0.1) is 0 Å². The molecule has 1 atom stereocenters. The first-order valence-corrected chi connectivity index (χ1v) is 9.72. The van der Waals surface area contributed by atoms with E-state index in [2.05, 4.69) is 46.0 Å². The third-order valence-corrected chi connectivity index (χ3v) is 5.92. The molecule has 0 amide bonds. The molecule has 5 heteroatoms. The quantitative estimate of drug-likeness (QED) is 0.661. The van der Waals surface area contributed by atoms with Crippen LogP contribution in [0, 0.1) is 24.2 Å². The molecule has 0 saturated heterocycles. The van der Waals surface area contributed by atoms with Gasteiger partial charge in [-0.05, 0) is 42.9 Å². The second-order valence-corrected chi connectivity index (χ2v) is 7.61. The number of hydrogen-bond donors (Lipinski definition) is 1.